The van der Waals surface area contributed by atoms with Gasteiger partial charge in [0, 0.05) is 34.9 Å². The molecular weight excluding hydrogens is 745 g/mol. The van der Waals surface area contributed by atoms with E-state index in [0.717, 1.165) is 78.5 Å². The molecule has 10 rings (SSSR count). The molecule has 3 heterocycles. The van der Waals surface area contributed by atoms with E-state index in [1.54, 1.807) is 0 Å². The molecule has 1 aliphatic rings. The van der Waals surface area contributed by atoms with Crippen LogP contribution in [0.1, 0.15) is 72.1 Å². The first-order valence-corrected chi connectivity index (χ1v) is 21.4. The van der Waals surface area contributed by atoms with Gasteiger partial charge in [-0.15, -0.1) is 0 Å². The lowest BCUT2D eigenvalue weighted by Crippen LogP contribution is -2.29. The van der Waals surface area contributed by atoms with Crippen LogP contribution in [0.4, 0.5) is 0 Å². The van der Waals surface area contributed by atoms with Crippen LogP contribution in [0.15, 0.2) is 152 Å². The Hall–Kier alpha value is -6.72. The van der Waals surface area contributed by atoms with Gasteiger partial charge in [0.25, 0.3) is 0 Å². The maximum Gasteiger partial charge on any atom is 0.145 e. The van der Waals surface area contributed by atoms with E-state index in [-0.39, 0.29) is 10.8 Å². The molecule has 61 heavy (non-hydrogen) atoms. The van der Waals surface area contributed by atoms with E-state index in [1.165, 1.54) is 27.8 Å². The van der Waals surface area contributed by atoms with Gasteiger partial charge in [0.2, 0.25) is 0 Å². The molecule has 9 aromatic rings. The quantitative estimate of drug-likeness (QED) is 0.174. The summed E-state index contributed by atoms with van der Waals surface area (Å²) in [4.78, 5) is 11.0. The number of nitrogens with zero attached hydrogens (tertiary/aromatic N) is 4. The van der Waals surface area contributed by atoms with E-state index in [9.17, 15) is 0 Å². The van der Waals surface area contributed by atoms with Crippen molar-refractivity contribution >= 4 is 22.1 Å². The maximum atomic E-state index is 7.05. The first-order chi connectivity index (χ1) is 29.2. The fourth-order valence-corrected chi connectivity index (χ4v) is 9.14. The highest BCUT2D eigenvalue weighted by Crippen LogP contribution is 2.52. The van der Waals surface area contributed by atoms with E-state index in [4.69, 9.17) is 14.7 Å². The normalized spacial score (nSPS) is 13.6. The molecule has 2 aromatic heterocycles. The monoisotopic (exact) mass is 796 g/mol. The Morgan fingerprint density at radius 1 is 0.492 bits per heavy atom. The van der Waals surface area contributed by atoms with E-state index >= 15 is 0 Å². The Labute approximate surface area is 359 Å². The molecule has 0 saturated heterocycles. The summed E-state index contributed by atoms with van der Waals surface area (Å²) in [6.07, 6.45) is 0. The summed E-state index contributed by atoms with van der Waals surface area (Å²) in [6.45, 7) is 18.0. The van der Waals surface area contributed by atoms with Gasteiger partial charge >= 0.3 is 0 Å². The first-order valence-electron chi connectivity index (χ1n) is 21.4. The van der Waals surface area contributed by atoms with Crippen molar-refractivity contribution in [3.05, 3.63) is 168 Å². The largest absolute Gasteiger partial charge is 0.482 e. The Kier molecular flexibility index (Phi) is 8.78. The molecule has 1 aliphatic heterocycles. The molecule has 302 valence electrons. The standard InChI is InChI=1S/C56H52N4O/c1-54(2,3)38-22-17-21-36(31-38)52-58-50-40(24-18-28-49(50)60(52)47-30-29-39(55(4,5)6)34-42(47)35-19-11-10-12-20-35)37-32-43-41-23-13-14-25-45(41)56(7,8)61-51(43)44(33-37)53-57-46-26-15-16-27-48(46)59(53)9/h10-34H,1-9H3. The fraction of sp³-hybridized carbons (Fsp3) is 0.214. The van der Waals surface area contributed by atoms with Gasteiger partial charge < -0.3 is 9.30 Å². The van der Waals surface area contributed by atoms with Crippen LogP contribution >= 0.6 is 0 Å². The first kappa shape index (κ1) is 38.5. The number of fused-ring (bicyclic) bond motifs is 5. The number of rotatable bonds is 5. The summed E-state index contributed by atoms with van der Waals surface area (Å²) in [5.41, 5.74) is 16.8. The number of para-hydroxylation sites is 3. The van der Waals surface area contributed by atoms with Crippen LogP contribution in [0.5, 0.6) is 5.75 Å². The molecule has 5 heteroatoms. The third-order valence-electron chi connectivity index (χ3n) is 12.5. The van der Waals surface area contributed by atoms with Crippen LogP contribution in [0.3, 0.4) is 0 Å². The van der Waals surface area contributed by atoms with Crippen molar-refractivity contribution < 1.29 is 4.74 Å². The van der Waals surface area contributed by atoms with Gasteiger partial charge in [-0.25, -0.2) is 9.97 Å². The van der Waals surface area contributed by atoms with Crippen molar-refractivity contribution in [1.29, 1.82) is 0 Å². The van der Waals surface area contributed by atoms with Crippen LogP contribution in [0, 0.1) is 0 Å². The number of benzene rings is 7. The zero-order valence-electron chi connectivity index (χ0n) is 36.6. The smallest absolute Gasteiger partial charge is 0.145 e. The van der Waals surface area contributed by atoms with Crippen molar-refractivity contribution in [3.8, 4) is 67.6 Å². The number of aromatic nitrogens is 4. The van der Waals surface area contributed by atoms with Gasteiger partial charge in [-0.1, -0.05) is 145 Å². The van der Waals surface area contributed by atoms with Gasteiger partial charge in [-0.3, -0.25) is 4.57 Å². The van der Waals surface area contributed by atoms with Gasteiger partial charge in [0.15, 0.2) is 0 Å². The van der Waals surface area contributed by atoms with Crippen molar-refractivity contribution in [2.75, 3.05) is 0 Å². The van der Waals surface area contributed by atoms with Gasteiger partial charge in [-0.05, 0) is 101 Å². The summed E-state index contributed by atoms with van der Waals surface area (Å²) >= 11 is 0. The van der Waals surface area contributed by atoms with E-state index in [1.807, 2.05) is 6.07 Å². The number of hydrogen-bond acceptors (Lipinski definition) is 3. The zero-order valence-corrected chi connectivity index (χ0v) is 36.6. The van der Waals surface area contributed by atoms with Crippen LogP contribution in [0.25, 0.3) is 83.9 Å². The van der Waals surface area contributed by atoms with Crippen LogP contribution in [-0.2, 0) is 23.5 Å². The van der Waals surface area contributed by atoms with Gasteiger partial charge in [0.1, 0.15) is 23.0 Å². The summed E-state index contributed by atoms with van der Waals surface area (Å²) < 4.78 is 11.6. The van der Waals surface area contributed by atoms with E-state index in [0.29, 0.717) is 0 Å². The lowest BCUT2D eigenvalue weighted by atomic mass is 9.84. The highest BCUT2D eigenvalue weighted by Gasteiger charge is 2.35. The minimum atomic E-state index is -0.543. The molecule has 0 atom stereocenters. The molecule has 0 amide bonds. The number of aryl methyl sites for hydroxylation is 1. The second-order valence-electron chi connectivity index (χ2n) is 19.2. The van der Waals surface area contributed by atoms with Crippen molar-refractivity contribution in [1.82, 2.24) is 19.1 Å². The molecule has 0 bridgehead atoms. The molecule has 0 spiro atoms. The second-order valence-corrected chi connectivity index (χ2v) is 19.2. The molecule has 0 fully saturated rings. The Bertz CT molecular complexity index is 3170. The Balaban J connectivity index is 1.29. The summed E-state index contributed by atoms with van der Waals surface area (Å²) in [6, 6.07) is 54.8. The molecule has 7 aromatic carbocycles. The molecular formula is C56H52N4O. The predicted molar refractivity (Wildman–Crippen MR) is 254 cm³/mol. The topological polar surface area (TPSA) is 44.9 Å². The van der Waals surface area contributed by atoms with Crippen LogP contribution in [-0.4, -0.2) is 19.1 Å². The number of hydrogen-bond donors (Lipinski definition) is 0. The summed E-state index contributed by atoms with van der Waals surface area (Å²) in [7, 11) is 2.10. The Morgan fingerprint density at radius 2 is 1.13 bits per heavy atom. The minimum Gasteiger partial charge on any atom is -0.482 e. The third-order valence-corrected chi connectivity index (χ3v) is 12.5. The van der Waals surface area contributed by atoms with Crippen molar-refractivity contribution in [2.24, 2.45) is 7.05 Å². The van der Waals surface area contributed by atoms with Crippen molar-refractivity contribution in [2.45, 2.75) is 71.8 Å². The van der Waals surface area contributed by atoms with Crippen LogP contribution in [0.2, 0.25) is 0 Å². The lowest BCUT2D eigenvalue weighted by molar-refractivity contribution is 0.106. The third kappa shape index (κ3) is 6.46. The summed E-state index contributed by atoms with van der Waals surface area (Å²) in [5, 5.41) is 0. The molecule has 0 N–H and O–H groups in total. The lowest BCUT2D eigenvalue weighted by Gasteiger charge is -2.36. The average molecular weight is 797 g/mol. The van der Waals surface area contributed by atoms with E-state index in [2.05, 4.69) is 217 Å². The Morgan fingerprint density at radius 3 is 1.90 bits per heavy atom. The van der Waals surface area contributed by atoms with Gasteiger partial charge in [0.05, 0.1) is 33.3 Å². The van der Waals surface area contributed by atoms with E-state index < -0.39 is 5.60 Å². The molecule has 0 aliphatic carbocycles. The van der Waals surface area contributed by atoms with Crippen molar-refractivity contribution in [3.63, 3.8) is 0 Å². The summed E-state index contributed by atoms with van der Waals surface area (Å²) in [5.74, 6) is 2.60. The highest BCUT2D eigenvalue weighted by atomic mass is 16.5. The average Bonchev–Trinajstić information content (AvgIpc) is 3.81. The zero-order chi connectivity index (χ0) is 42.4. The number of ether oxygens (including phenoxy) is 1. The molecule has 5 nitrogen and oxygen atoms in total. The van der Waals surface area contributed by atoms with Gasteiger partial charge in [-0.2, -0.15) is 0 Å². The SMILES string of the molecule is Cn1c(-c2cc(-c3cccc4c3nc(-c3cccc(C(C)(C)C)c3)n4-c3ccc(C(C)(C)C)cc3-c3ccccc3)cc3c2OC(C)(C)c2ccccc2-3)nc2ccccc21. The molecule has 0 unspecified atom stereocenters. The number of imidazole rings is 2. The maximum absolute atomic E-state index is 7.05. The highest BCUT2D eigenvalue weighted by molar-refractivity contribution is 6.00. The molecule has 0 saturated carbocycles. The molecule has 0 radical (unpaired) electrons. The predicted octanol–water partition coefficient (Wildman–Crippen LogP) is 14.5. The second kappa shape index (κ2) is 13.9. The minimum absolute atomic E-state index is 0.0309. The van der Waals surface area contributed by atoms with Crippen LogP contribution < -0.4 is 4.74 Å². The fourth-order valence-electron chi connectivity index (χ4n) is 9.14.